The highest BCUT2D eigenvalue weighted by molar-refractivity contribution is 5.36. The summed E-state index contributed by atoms with van der Waals surface area (Å²) >= 11 is 0. The van der Waals surface area contributed by atoms with E-state index in [1.54, 1.807) is 0 Å². The van der Waals surface area contributed by atoms with Gasteiger partial charge in [0.2, 0.25) is 0 Å². The van der Waals surface area contributed by atoms with Crippen LogP contribution in [0.25, 0.3) is 0 Å². The second kappa shape index (κ2) is 8.15. The van der Waals surface area contributed by atoms with Gasteiger partial charge in [0.1, 0.15) is 5.75 Å². The number of rotatable bonds is 8. The maximum absolute atomic E-state index is 5.71. The van der Waals surface area contributed by atoms with E-state index in [1.165, 1.54) is 12.0 Å². The SMILES string of the molecule is CCCNCC(C)C(C)c1ccccc1OCC. The molecule has 2 nitrogen and oxygen atoms in total. The second-order valence-corrected chi connectivity index (χ2v) is 4.94. The number of benzene rings is 1. The molecule has 0 bridgehead atoms. The van der Waals surface area contributed by atoms with Gasteiger partial charge in [-0.1, -0.05) is 39.0 Å². The quantitative estimate of drug-likeness (QED) is 0.707. The summed E-state index contributed by atoms with van der Waals surface area (Å²) in [6.45, 7) is 11.7. The molecule has 0 aliphatic rings. The Balaban J connectivity index is 2.66. The Morgan fingerprint density at radius 3 is 2.56 bits per heavy atom. The molecule has 0 heterocycles. The summed E-state index contributed by atoms with van der Waals surface area (Å²) in [4.78, 5) is 0. The van der Waals surface area contributed by atoms with Gasteiger partial charge in [-0.3, -0.25) is 0 Å². The van der Waals surface area contributed by atoms with E-state index in [9.17, 15) is 0 Å². The predicted molar refractivity (Wildman–Crippen MR) is 78.4 cm³/mol. The van der Waals surface area contributed by atoms with Gasteiger partial charge >= 0.3 is 0 Å². The molecular formula is C16H27NO. The van der Waals surface area contributed by atoms with Crippen molar-refractivity contribution in [2.24, 2.45) is 5.92 Å². The molecule has 0 aliphatic heterocycles. The van der Waals surface area contributed by atoms with E-state index >= 15 is 0 Å². The third-order valence-electron chi connectivity index (χ3n) is 3.46. The number of hydrogen-bond donors (Lipinski definition) is 1. The van der Waals surface area contributed by atoms with Crippen LogP contribution in [0.4, 0.5) is 0 Å². The topological polar surface area (TPSA) is 21.3 Å². The molecule has 1 N–H and O–H groups in total. The Hall–Kier alpha value is -1.02. The van der Waals surface area contributed by atoms with Crippen LogP contribution < -0.4 is 10.1 Å². The van der Waals surface area contributed by atoms with Gasteiger partial charge in [-0.15, -0.1) is 0 Å². The summed E-state index contributed by atoms with van der Waals surface area (Å²) in [5.74, 6) is 2.16. The van der Waals surface area contributed by atoms with E-state index in [4.69, 9.17) is 4.74 Å². The van der Waals surface area contributed by atoms with Crippen LogP contribution in [0, 0.1) is 5.92 Å². The maximum atomic E-state index is 5.71. The van der Waals surface area contributed by atoms with Gasteiger partial charge in [-0.2, -0.15) is 0 Å². The first kappa shape index (κ1) is 15.0. The van der Waals surface area contributed by atoms with Crippen molar-refractivity contribution in [3.8, 4) is 5.75 Å². The van der Waals surface area contributed by atoms with E-state index in [1.807, 2.05) is 13.0 Å². The van der Waals surface area contributed by atoms with Crippen LogP contribution in [0.2, 0.25) is 0 Å². The van der Waals surface area contributed by atoms with Gasteiger partial charge < -0.3 is 10.1 Å². The summed E-state index contributed by atoms with van der Waals surface area (Å²) in [6.07, 6.45) is 1.19. The minimum atomic E-state index is 0.511. The number of ether oxygens (including phenoxy) is 1. The van der Waals surface area contributed by atoms with Crippen LogP contribution in [0.3, 0.4) is 0 Å². The van der Waals surface area contributed by atoms with Gasteiger partial charge in [0.15, 0.2) is 0 Å². The van der Waals surface area contributed by atoms with Crippen molar-refractivity contribution in [2.75, 3.05) is 19.7 Å². The largest absolute Gasteiger partial charge is 0.494 e. The lowest BCUT2D eigenvalue weighted by molar-refractivity contribution is 0.329. The monoisotopic (exact) mass is 249 g/mol. The molecule has 102 valence electrons. The molecular weight excluding hydrogens is 222 g/mol. The molecule has 0 fully saturated rings. The normalized spacial score (nSPS) is 14.2. The van der Waals surface area contributed by atoms with Gasteiger partial charge in [0.25, 0.3) is 0 Å². The summed E-state index contributed by atoms with van der Waals surface area (Å²) in [6, 6.07) is 8.40. The van der Waals surface area contributed by atoms with E-state index in [0.29, 0.717) is 11.8 Å². The van der Waals surface area contributed by atoms with Crippen molar-refractivity contribution < 1.29 is 4.74 Å². The van der Waals surface area contributed by atoms with E-state index in [2.05, 4.69) is 44.3 Å². The highest BCUT2D eigenvalue weighted by Gasteiger charge is 2.17. The van der Waals surface area contributed by atoms with E-state index in [-0.39, 0.29) is 0 Å². The summed E-state index contributed by atoms with van der Waals surface area (Å²) < 4.78 is 5.71. The Kier molecular flexibility index (Phi) is 6.81. The van der Waals surface area contributed by atoms with E-state index in [0.717, 1.165) is 25.4 Å². The Bertz CT molecular complexity index is 338. The van der Waals surface area contributed by atoms with Crippen LogP contribution in [-0.2, 0) is 0 Å². The lowest BCUT2D eigenvalue weighted by Crippen LogP contribution is -2.25. The van der Waals surface area contributed by atoms with Gasteiger partial charge in [0, 0.05) is 0 Å². The van der Waals surface area contributed by atoms with Gasteiger partial charge in [0.05, 0.1) is 6.61 Å². The third-order valence-corrected chi connectivity index (χ3v) is 3.46. The van der Waals surface area contributed by atoms with Crippen molar-refractivity contribution >= 4 is 0 Å². The first-order valence-corrected chi connectivity index (χ1v) is 7.13. The summed E-state index contributed by atoms with van der Waals surface area (Å²) in [7, 11) is 0. The molecule has 0 amide bonds. The van der Waals surface area contributed by atoms with Crippen LogP contribution >= 0.6 is 0 Å². The smallest absolute Gasteiger partial charge is 0.122 e. The molecule has 0 saturated carbocycles. The van der Waals surface area contributed by atoms with Crippen LogP contribution in [-0.4, -0.2) is 19.7 Å². The Morgan fingerprint density at radius 2 is 1.89 bits per heavy atom. The average Bonchev–Trinajstić information content (AvgIpc) is 2.39. The minimum absolute atomic E-state index is 0.511. The number of para-hydroxylation sites is 1. The fourth-order valence-corrected chi connectivity index (χ4v) is 2.13. The predicted octanol–water partition coefficient (Wildman–Crippen LogP) is 3.82. The number of hydrogen-bond acceptors (Lipinski definition) is 2. The highest BCUT2D eigenvalue weighted by atomic mass is 16.5. The molecule has 2 unspecified atom stereocenters. The van der Waals surface area contributed by atoms with Crippen molar-refractivity contribution in [1.29, 1.82) is 0 Å². The molecule has 0 aromatic heterocycles. The maximum Gasteiger partial charge on any atom is 0.122 e. The van der Waals surface area contributed by atoms with Gasteiger partial charge in [-0.05, 0) is 49.9 Å². The molecule has 1 aromatic carbocycles. The lowest BCUT2D eigenvalue weighted by atomic mass is 9.88. The van der Waals surface area contributed by atoms with Crippen molar-refractivity contribution in [3.05, 3.63) is 29.8 Å². The zero-order valence-corrected chi connectivity index (χ0v) is 12.2. The van der Waals surface area contributed by atoms with Crippen LogP contribution in [0.5, 0.6) is 5.75 Å². The molecule has 0 aliphatic carbocycles. The molecule has 2 heteroatoms. The molecule has 18 heavy (non-hydrogen) atoms. The van der Waals surface area contributed by atoms with Crippen LogP contribution in [0.15, 0.2) is 24.3 Å². The summed E-state index contributed by atoms with van der Waals surface area (Å²) in [5, 5.41) is 3.50. The van der Waals surface area contributed by atoms with Crippen molar-refractivity contribution in [2.45, 2.75) is 40.0 Å². The van der Waals surface area contributed by atoms with Gasteiger partial charge in [-0.25, -0.2) is 0 Å². The lowest BCUT2D eigenvalue weighted by Gasteiger charge is -2.23. The molecule has 1 rings (SSSR count). The zero-order valence-electron chi connectivity index (χ0n) is 12.2. The fraction of sp³-hybridized carbons (Fsp3) is 0.625. The van der Waals surface area contributed by atoms with Crippen LogP contribution in [0.1, 0.15) is 45.6 Å². The first-order chi connectivity index (χ1) is 8.70. The molecule has 0 saturated heterocycles. The molecule has 2 atom stereocenters. The fourth-order valence-electron chi connectivity index (χ4n) is 2.13. The zero-order chi connectivity index (χ0) is 13.4. The Labute approximate surface area is 112 Å². The standard InChI is InChI=1S/C16H27NO/c1-5-11-17-12-13(3)14(4)15-9-7-8-10-16(15)18-6-2/h7-10,13-14,17H,5-6,11-12H2,1-4H3. The minimum Gasteiger partial charge on any atom is -0.494 e. The highest BCUT2D eigenvalue weighted by Crippen LogP contribution is 2.31. The third kappa shape index (κ3) is 4.34. The van der Waals surface area contributed by atoms with Crippen molar-refractivity contribution in [3.63, 3.8) is 0 Å². The molecule has 0 spiro atoms. The first-order valence-electron chi connectivity index (χ1n) is 7.13. The number of nitrogens with one attached hydrogen (secondary N) is 1. The molecule has 0 radical (unpaired) electrons. The second-order valence-electron chi connectivity index (χ2n) is 4.94. The molecule has 1 aromatic rings. The van der Waals surface area contributed by atoms with Crippen molar-refractivity contribution in [1.82, 2.24) is 5.32 Å². The Morgan fingerprint density at radius 1 is 1.17 bits per heavy atom. The van der Waals surface area contributed by atoms with E-state index < -0.39 is 0 Å². The summed E-state index contributed by atoms with van der Waals surface area (Å²) in [5.41, 5.74) is 1.32. The average molecular weight is 249 g/mol.